The summed E-state index contributed by atoms with van der Waals surface area (Å²) in [6.45, 7) is 0. The van der Waals surface area contributed by atoms with Gasteiger partial charge in [0.05, 0.1) is 11.6 Å². The van der Waals surface area contributed by atoms with Crippen LogP contribution in [0.3, 0.4) is 0 Å². The fraction of sp³-hybridized carbons (Fsp3) is 0.235. The van der Waals surface area contributed by atoms with E-state index in [2.05, 4.69) is 10.1 Å². The average molecular weight is 344 g/mol. The van der Waals surface area contributed by atoms with E-state index in [0.717, 1.165) is 35.0 Å². The van der Waals surface area contributed by atoms with Gasteiger partial charge in [0.2, 0.25) is 0 Å². The Morgan fingerprint density at radius 1 is 1.30 bits per heavy atom. The molecule has 0 spiro atoms. The third-order valence-electron chi connectivity index (χ3n) is 4.04. The zero-order valence-corrected chi connectivity index (χ0v) is 13.9. The maximum absolute atomic E-state index is 12.7. The third kappa shape index (κ3) is 2.71. The second-order valence-corrected chi connectivity index (χ2v) is 7.10. The SMILES string of the molecule is O=c1c2c3c(sc2ncn1/N=C\c1cccc(Cl)c1)CCCC3. The topological polar surface area (TPSA) is 47.2 Å². The fourth-order valence-electron chi connectivity index (χ4n) is 2.94. The Kier molecular flexibility index (Phi) is 3.75. The first kappa shape index (κ1) is 14.6. The van der Waals surface area contributed by atoms with Crippen molar-refractivity contribution in [2.75, 3.05) is 0 Å². The number of hydrogen-bond acceptors (Lipinski definition) is 4. The molecule has 1 aliphatic rings. The van der Waals surface area contributed by atoms with Crippen molar-refractivity contribution in [3.8, 4) is 0 Å². The first-order valence-electron chi connectivity index (χ1n) is 7.54. The molecule has 0 radical (unpaired) electrons. The molecule has 0 N–H and O–H groups in total. The van der Waals surface area contributed by atoms with Crippen molar-refractivity contribution in [1.82, 2.24) is 9.66 Å². The molecule has 2 aromatic heterocycles. The molecule has 0 aliphatic heterocycles. The number of thiophene rings is 1. The molecule has 0 atom stereocenters. The molecule has 0 amide bonds. The molecule has 1 aliphatic carbocycles. The van der Waals surface area contributed by atoms with E-state index in [1.807, 2.05) is 12.1 Å². The summed E-state index contributed by atoms with van der Waals surface area (Å²) in [6.07, 6.45) is 7.48. The first-order chi connectivity index (χ1) is 11.2. The van der Waals surface area contributed by atoms with Gasteiger partial charge in [-0.2, -0.15) is 9.78 Å². The fourth-order valence-corrected chi connectivity index (χ4v) is 4.35. The number of aromatic nitrogens is 2. The maximum Gasteiger partial charge on any atom is 0.282 e. The Balaban J connectivity index is 1.79. The van der Waals surface area contributed by atoms with Gasteiger partial charge < -0.3 is 0 Å². The molecule has 4 rings (SSSR count). The minimum Gasteiger partial charge on any atom is -0.267 e. The molecule has 0 fully saturated rings. The minimum absolute atomic E-state index is 0.0901. The minimum atomic E-state index is -0.0901. The third-order valence-corrected chi connectivity index (χ3v) is 5.47. The van der Waals surface area contributed by atoms with Crippen molar-refractivity contribution in [2.24, 2.45) is 5.10 Å². The lowest BCUT2D eigenvalue weighted by molar-refractivity contribution is 0.699. The van der Waals surface area contributed by atoms with Crippen LogP contribution in [0.25, 0.3) is 10.2 Å². The Hall–Kier alpha value is -1.98. The monoisotopic (exact) mass is 343 g/mol. The van der Waals surface area contributed by atoms with Gasteiger partial charge in [-0.1, -0.05) is 23.7 Å². The van der Waals surface area contributed by atoms with Crippen molar-refractivity contribution in [1.29, 1.82) is 0 Å². The molecule has 0 bridgehead atoms. The van der Waals surface area contributed by atoms with Gasteiger partial charge in [0.1, 0.15) is 11.2 Å². The van der Waals surface area contributed by atoms with Crippen molar-refractivity contribution >= 4 is 39.4 Å². The number of aryl methyl sites for hydroxylation is 2. The molecule has 23 heavy (non-hydrogen) atoms. The largest absolute Gasteiger partial charge is 0.282 e. The van der Waals surface area contributed by atoms with E-state index >= 15 is 0 Å². The first-order valence-corrected chi connectivity index (χ1v) is 8.73. The van der Waals surface area contributed by atoms with Crippen LogP contribution in [0.15, 0.2) is 40.5 Å². The summed E-state index contributed by atoms with van der Waals surface area (Å²) >= 11 is 7.60. The van der Waals surface area contributed by atoms with E-state index in [-0.39, 0.29) is 5.56 Å². The van der Waals surface area contributed by atoms with Crippen LogP contribution >= 0.6 is 22.9 Å². The molecule has 0 unspecified atom stereocenters. The number of hydrogen-bond donors (Lipinski definition) is 0. The molecule has 0 saturated carbocycles. The van der Waals surface area contributed by atoms with Crippen LogP contribution in [-0.2, 0) is 12.8 Å². The highest BCUT2D eigenvalue weighted by molar-refractivity contribution is 7.18. The van der Waals surface area contributed by atoms with Gasteiger partial charge >= 0.3 is 0 Å². The highest BCUT2D eigenvalue weighted by Crippen LogP contribution is 2.33. The van der Waals surface area contributed by atoms with Gasteiger partial charge in [-0.15, -0.1) is 11.3 Å². The molecule has 1 aromatic carbocycles. The number of benzene rings is 1. The number of halogens is 1. The molecule has 2 heterocycles. The standard InChI is InChI=1S/C17H14ClN3OS/c18-12-5-3-4-11(8-12)9-20-21-10-19-16-15(17(21)22)13-6-1-2-7-14(13)23-16/h3-5,8-10H,1-2,6-7H2/b20-9-. The molecule has 4 nitrogen and oxygen atoms in total. The van der Waals surface area contributed by atoms with E-state index in [1.54, 1.807) is 29.7 Å². The molecular formula is C17H14ClN3OS. The predicted octanol–water partition coefficient (Wildman–Crippen LogP) is 3.87. The van der Waals surface area contributed by atoms with Crippen molar-refractivity contribution in [3.63, 3.8) is 0 Å². The van der Waals surface area contributed by atoms with Gasteiger partial charge in [-0.25, -0.2) is 4.98 Å². The number of fused-ring (bicyclic) bond motifs is 3. The van der Waals surface area contributed by atoms with Crippen molar-refractivity contribution in [3.05, 3.63) is 62.0 Å². The Morgan fingerprint density at radius 2 is 2.17 bits per heavy atom. The van der Waals surface area contributed by atoms with Gasteiger partial charge in [-0.3, -0.25) is 4.79 Å². The maximum atomic E-state index is 12.7. The zero-order valence-electron chi connectivity index (χ0n) is 12.3. The van der Waals surface area contributed by atoms with Crippen LogP contribution in [0.1, 0.15) is 28.8 Å². The molecular weight excluding hydrogens is 330 g/mol. The van der Waals surface area contributed by atoms with E-state index in [4.69, 9.17) is 11.6 Å². The summed E-state index contributed by atoms with van der Waals surface area (Å²) in [7, 11) is 0. The number of nitrogens with zero attached hydrogens (tertiary/aromatic N) is 3. The van der Waals surface area contributed by atoms with Gasteiger partial charge in [-0.05, 0) is 48.9 Å². The summed E-state index contributed by atoms with van der Waals surface area (Å²) in [5, 5.41) is 5.64. The van der Waals surface area contributed by atoms with Crippen molar-refractivity contribution < 1.29 is 0 Å². The summed E-state index contributed by atoms with van der Waals surface area (Å²) < 4.78 is 1.31. The van der Waals surface area contributed by atoms with Gasteiger partial charge in [0.25, 0.3) is 5.56 Å². The zero-order chi connectivity index (χ0) is 15.8. The van der Waals surface area contributed by atoms with E-state index in [1.165, 1.54) is 27.9 Å². The lowest BCUT2D eigenvalue weighted by Gasteiger charge is -2.09. The highest BCUT2D eigenvalue weighted by Gasteiger charge is 2.19. The smallest absolute Gasteiger partial charge is 0.267 e. The Morgan fingerprint density at radius 3 is 3.04 bits per heavy atom. The summed E-state index contributed by atoms with van der Waals surface area (Å²) in [6, 6.07) is 7.34. The second kappa shape index (κ2) is 5.91. The molecule has 116 valence electrons. The second-order valence-electron chi connectivity index (χ2n) is 5.58. The number of rotatable bonds is 2. The van der Waals surface area contributed by atoms with Crippen molar-refractivity contribution in [2.45, 2.75) is 25.7 Å². The summed E-state index contributed by atoms with van der Waals surface area (Å²) in [5.41, 5.74) is 1.94. The quantitative estimate of drug-likeness (QED) is 0.663. The molecule has 6 heteroatoms. The lowest BCUT2D eigenvalue weighted by Crippen LogP contribution is -2.18. The summed E-state index contributed by atoms with van der Waals surface area (Å²) in [5.74, 6) is 0. The Labute approximate surface area is 142 Å². The van der Waals surface area contributed by atoms with Gasteiger partial charge in [0.15, 0.2) is 0 Å². The van der Waals surface area contributed by atoms with Gasteiger partial charge in [0, 0.05) is 9.90 Å². The molecule has 3 aromatic rings. The highest BCUT2D eigenvalue weighted by atomic mass is 35.5. The van der Waals surface area contributed by atoms with Crippen LogP contribution < -0.4 is 5.56 Å². The van der Waals surface area contributed by atoms with E-state index in [9.17, 15) is 4.79 Å². The normalized spacial score (nSPS) is 14.5. The van der Waals surface area contributed by atoms with Crippen LogP contribution in [0.2, 0.25) is 5.02 Å². The van der Waals surface area contributed by atoms with E-state index in [0.29, 0.717) is 5.02 Å². The Bertz CT molecular complexity index is 974. The summed E-state index contributed by atoms with van der Waals surface area (Å²) in [4.78, 5) is 19.3. The molecule has 0 saturated heterocycles. The van der Waals surface area contributed by atoms with E-state index < -0.39 is 0 Å². The predicted molar refractivity (Wildman–Crippen MR) is 95.0 cm³/mol. The van der Waals surface area contributed by atoms with Crippen LogP contribution in [-0.4, -0.2) is 15.9 Å². The van der Waals surface area contributed by atoms with Crippen LogP contribution in [0.5, 0.6) is 0 Å². The average Bonchev–Trinajstić information content (AvgIpc) is 2.93. The van der Waals surface area contributed by atoms with Crippen LogP contribution in [0, 0.1) is 0 Å². The van der Waals surface area contributed by atoms with Crippen LogP contribution in [0.4, 0.5) is 0 Å². The lowest BCUT2D eigenvalue weighted by atomic mass is 9.97.